The number of carbonyl (C=O) groups excluding carboxylic acids is 5. The highest BCUT2D eigenvalue weighted by Gasteiger charge is 2.41. The molecule has 1 fully saturated rings. The number of para-hydroxylation sites is 1. The van der Waals surface area contributed by atoms with E-state index in [9.17, 15) is 29.1 Å². The van der Waals surface area contributed by atoms with Gasteiger partial charge in [0.1, 0.15) is 18.8 Å². The van der Waals surface area contributed by atoms with Gasteiger partial charge in [-0.2, -0.15) is 0 Å². The second-order valence-corrected chi connectivity index (χ2v) is 10.6. The van der Waals surface area contributed by atoms with E-state index in [0.29, 0.717) is 19.3 Å². The lowest BCUT2D eigenvalue weighted by Crippen LogP contribution is -2.49. The topological polar surface area (TPSA) is 157 Å². The van der Waals surface area contributed by atoms with Crippen LogP contribution in [-0.4, -0.2) is 59.7 Å². The fourth-order valence-electron chi connectivity index (χ4n) is 4.67. The normalized spacial score (nSPS) is 21.8. The highest BCUT2D eigenvalue weighted by molar-refractivity contribution is 6.02. The molecule has 0 aliphatic carbocycles. The fourth-order valence-corrected chi connectivity index (χ4v) is 4.67. The van der Waals surface area contributed by atoms with E-state index in [1.165, 1.54) is 32.0 Å². The minimum absolute atomic E-state index is 0.0189. The molecular formula is C30H44N2O9. The molecule has 1 saturated heterocycles. The summed E-state index contributed by atoms with van der Waals surface area (Å²) in [7, 11) is 0. The molecule has 2 amide bonds. The molecule has 1 aliphatic rings. The highest BCUT2D eigenvalue weighted by atomic mass is 16.6. The number of esters is 3. The number of hydrogen-bond donors (Lipinski definition) is 3. The average Bonchev–Trinajstić information content (AvgIpc) is 2.95. The zero-order chi connectivity index (χ0) is 30.5. The van der Waals surface area contributed by atoms with Gasteiger partial charge in [-0.25, -0.2) is 4.79 Å². The summed E-state index contributed by atoms with van der Waals surface area (Å²) >= 11 is 0. The first-order chi connectivity index (χ1) is 19.5. The largest absolute Gasteiger partial charge is 0.505 e. The third kappa shape index (κ3) is 10.1. The summed E-state index contributed by atoms with van der Waals surface area (Å²) in [6.45, 7) is 8.13. The molecule has 0 radical (unpaired) electrons. The number of phenolic OH excluding ortho intramolecular Hbond substituents is 1. The lowest BCUT2D eigenvalue weighted by Gasteiger charge is -2.26. The SMILES string of the molecule is CCCCCCCC1C(=O)OC(C)C(NC(=O)c2cccc(NC(C)=O)c2O)C(=O)OCC1OC(=O)C(C)CCC. The van der Waals surface area contributed by atoms with Crippen LogP contribution in [0.3, 0.4) is 0 Å². The van der Waals surface area contributed by atoms with Gasteiger partial charge in [-0.3, -0.25) is 19.2 Å². The number of anilines is 1. The molecule has 11 nitrogen and oxygen atoms in total. The number of ether oxygens (including phenoxy) is 3. The highest BCUT2D eigenvalue weighted by Crippen LogP contribution is 2.28. The molecule has 228 valence electrons. The van der Waals surface area contributed by atoms with Crippen LogP contribution in [0.1, 0.15) is 96.3 Å². The lowest BCUT2D eigenvalue weighted by atomic mass is 9.94. The van der Waals surface area contributed by atoms with Crippen LogP contribution in [0.15, 0.2) is 18.2 Å². The molecule has 1 aromatic rings. The Balaban J connectivity index is 2.27. The minimum atomic E-state index is -1.41. The summed E-state index contributed by atoms with van der Waals surface area (Å²) in [5.74, 6) is -5.04. The standard InChI is InChI=1S/C30H44N2O9/c1-6-8-9-10-11-14-21-24(41-28(36)18(3)13-7-2)17-39-30(38)25(19(4)40-29(21)37)32-27(35)22-15-12-16-23(26(22)34)31-20(5)33/h12,15-16,18-19,21,24-25,34H,6-11,13-14,17H2,1-5H3,(H,31,33)(H,32,35). The van der Waals surface area contributed by atoms with Crippen molar-refractivity contribution in [3.63, 3.8) is 0 Å². The van der Waals surface area contributed by atoms with E-state index in [1.54, 1.807) is 6.92 Å². The Morgan fingerprint density at radius 3 is 2.44 bits per heavy atom. The number of amides is 2. The van der Waals surface area contributed by atoms with Crippen molar-refractivity contribution in [3.05, 3.63) is 23.8 Å². The average molecular weight is 577 g/mol. The Bertz CT molecular complexity index is 1070. The Morgan fingerprint density at radius 1 is 1.07 bits per heavy atom. The van der Waals surface area contributed by atoms with Gasteiger partial charge in [-0.15, -0.1) is 0 Å². The van der Waals surface area contributed by atoms with E-state index in [-0.39, 0.29) is 17.9 Å². The van der Waals surface area contributed by atoms with Crippen LogP contribution in [0.5, 0.6) is 5.75 Å². The zero-order valence-corrected chi connectivity index (χ0v) is 24.7. The molecule has 11 heteroatoms. The fraction of sp³-hybridized carbons (Fsp3) is 0.633. The number of aromatic hydroxyl groups is 1. The van der Waals surface area contributed by atoms with Crippen molar-refractivity contribution in [1.82, 2.24) is 5.32 Å². The van der Waals surface area contributed by atoms with Gasteiger partial charge in [0, 0.05) is 6.92 Å². The van der Waals surface area contributed by atoms with Crippen LogP contribution in [-0.2, 0) is 33.4 Å². The monoisotopic (exact) mass is 576 g/mol. The molecule has 41 heavy (non-hydrogen) atoms. The van der Waals surface area contributed by atoms with Crippen LogP contribution in [0.4, 0.5) is 5.69 Å². The number of unbranched alkanes of at least 4 members (excludes halogenated alkanes) is 4. The minimum Gasteiger partial charge on any atom is -0.505 e. The van der Waals surface area contributed by atoms with Gasteiger partial charge in [-0.05, 0) is 31.9 Å². The van der Waals surface area contributed by atoms with Gasteiger partial charge in [0.2, 0.25) is 5.91 Å². The van der Waals surface area contributed by atoms with Crippen molar-refractivity contribution in [3.8, 4) is 5.75 Å². The Hall–Kier alpha value is -3.63. The van der Waals surface area contributed by atoms with E-state index < -0.39 is 65.6 Å². The van der Waals surface area contributed by atoms with E-state index >= 15 is 0 Å². The van der Waals surface area contributed by atoms with E-state index in [4.69, 9.17) is 14.2 Å². The third-order valence-electron chi connectivity index (χ3n) is 7.06. The Kier molecular flexibility index (Phi) is 13.6. The number of cyclic esters (lactones) is 2. The van der Waals surface area contributed by atoms with Crippen molar-refractivity contribution in [2.24, 2.45) is 11.8 Å². The van der Waals surface area contributed by atoms with E-state index in [2.05, 4.69) is 17.6 Å². The van der Waals surface area contributed by atoms with Crippen LogP contribution in [0.25, 0.3) is 0 Å². The first-order valence-electron chi connectivity index (χ1n) is 14.5. The quantitative estimate of drug-likeness (QED) is 0.135. The van der Waals surface area contributed by atoms with Crippen molar-refractivity contribution >= 4 is 35.4 Å². The van der Waals surface area contributed by atoms with Crippen LogP contribution < -0.4 is 10.6 Å². The molecule has 0 saturated carbocycles. The summed E-state index contributed by atoms with van der Waals surface area (Å²) in [5.41, 5.74) is -0.186. The zero-order valence-electron chi connectivity index (χ0n) is 24.7. The lowest BCUT2D eigenvalue weighted by molar-refractivity contribution is -0.170. The predicted octanol–water partition coefficient (Wildman–Crippen LogP) is 4.26. The van der Waals surface area contributed by atoms with Gasteiger partial charge in [0.05, 0.1) is 23.1 Å². The van der Waals surface area contributed by atoms with Crippen molar-refractivity contribution in [2.75, 3.05) is 11.9 Å². The Labute approximate surface area is 241 Å². The molecule has 0 aromatic heterocycles. The molecule has 2 rings (SSSR count). The van der Waals surface area contributed by atoms with E-state index in [1.807, 2.05) is 6.92 Å². The number of benzene rings is 1. The van der Waals surface area contributed by atoms with Gasteiger partial charge in [0.15, 0.2) is 11.8 Å². The maximum Gasteiger partial charge on any atom is 0.332 e. The number of nitrogens with one attached hydrogen (secondary N) is 2. The number of phenols is 1. The predicted molar refractivity (Wildman–Crippen MR) is 151 cm³/mol. The smallest absolute Gasteiger partial charge is 0.332 e. The number of rotatable bonds is 13. The molecule has 1 aliphatic heterocycles. The third-order valence-corrected chi connectivity index (χ3v) is 7.06. The first kappa shape index (κ1) is 33.6. The molecule has 0 bridgehead atoms. The molecule has 1 aromatic carbocycles. The second-order valence-electron chi connectivity index (χ2n) is 10.6. The van der Waals surface area contributed by atoms with Crippen LogP contribution in [0.2, 0.25) is 0 Å². The molecule has 3 N–H and O–H groups in total. The summed E-state index contributed by atoms with van der Waals surface area (Å²) in [6, 6.07) is 2.77. The van der Waals surface area contributed by atoms with Gasteiger partial charge in [0.25, 0.3) is 5.91 Å². The molecule has 5 unspecified atom stereocenters. The van der Waals surface area contributed by atoms with Crippen LogP contribution >= 0.6 is 0 Å². The van der Waals surface area contributed by atoms with E-state index in [0.717, 1.165) is 32.1 Å². The maximum atomic E-state index is 13.4. The maximum absolute atomic E-state index is 13.4. The number of hydrogen-bond acceptors (Lipinski definition) is 9. The van der Waals surface area contributed by atoms with Crippen molar-refractivity contribution in [1.29, 1.82) is 0 Å². The van der Waals surface area contributed by atoms with Gasteiger partial charge >= 0.3 is 17.9 Å². The molecule has 5 atom stereocenters. The van der Waals surface area contributed by atoms with Gasteiger partial charge in [-0.1, -0.05) is 65.4 Å². The second kappa shape index (κ2) is 16.6. The van der Waals surface area contributed by atoms with Crippen molar-refractivity contribution in [2.45, 2.75) is 104 Å². The van der Waals surface area contributed by atoms with Gasteiger partial charge < -0.3 is 30.0 Å². The Morgan fingerprint density at radius 2 is 1.78 bits per heavy atom. The molecule has 1 heterocycles. The summed E-state index contributed by atoms with van der Waals surface area (Å²) in [6.07, 6.45) is 4.34. The molecular weight excluding hydrogens is 532 g/mol. The number of carbonyl (C=O) groups is 5. The summed E-state index contributed by atoms with van der Waals surface area (Å²) < 4.78 is 16.8. The van der Waals surface area contributed by atoms with Crippen molar-refractivity contribution < 1.29 is 43.3 Å². The first-order valence-corrected chi connectivity index (χ1v) is 14.5. The summed E-state index contributed by atoms with van der Waals surface area (Å²) in [4.78, 5) is 63.8. The van der Waals surface area contributed by atoms with Crippen LogP contribution in [0, 0.1) is 11.8 Å². The molecule has 0 spiro atoms. The summed E-state index contributed by atoms with van der Waals surface area (Å²) in [5, 5.41) is 15.4.